The molecule has 7 atom stereocenters. The fraction of sp³-hybridized carbons (Fsp3) is 0.339. The average Bonchev–Trinajstić information content (AvgIpc) is 1.57. The molecule has 1 saturated heterocycles. The molecule has 8 rings (SSSR count). The molecule has 3 aromatic carbocycles. The molecule has 0 bridgehead atoms. The van der Waals surface area contributed by atoms with Gasteiger partial charge in [-0.25, -0.2) is 28.3 Å². The van der Waals surface area contributed by atoms with E-state index in [1.54, 1.807) is 60.7 Å². The molecule has 11 N–H and O–H groups in total. The second kappa shape index (κ2) is 37.5. The number of benzene rings is 3. The van der Waals surface area contributed by atoms with Crippen molar-refractivity contribution in [2.45, 2.75) is 70.2 Å². The van der Waals surface area contributed by atoms with Gasteiger partial charge in [-0.15, -0.1) is 0 Å². The van der Waals surface area contributed by atoms with Crippen LogP contribution < -0.4 is 53.3 Å². The summed E-state index contributed by atoms with van der Waals surface area (Å²) in [5.41, 5.74) is 24.6. The number of nitrogens with two attached hydrogens (primary N) is 1. The quantitative estimate of drug-likeness (QED) is 0.00434. The summed E-state index contributed by atoms with van der Waals surface area (Å²) in [6, 6.07) is 16.4. The normalized spacial score (nSPS) is 17.1. The van der Waals surface area contributed by atoms with Gasteiger partial charge in [-0.2, -0.15) is 13.6 Å². The molecular weight excluding hydrogens is 1430 g/mol. The summed E-state index contributed by atoms with van der Waals surface area (Å²) < 4.78 is 82.1. The summed E-state index contributed by atoms with van der Waals surface area (Å²) in [7, 11) is -17.2. The molecule has 3 aromatic heterocycles. The van der Waals surface area contributed by atoms with Gasteiger partial charge in [-0.1, -0.05) is 58.5 Å². The molecule has 1 aliphatic heterocycles. The topological polar surface area (TPSA) is 560 Å². The zero-order chi connectivity index (χ0) is 75.0. The molecule has 42 heteroatoms. The van der Waals surface area contributed by atoms with Gasteiger partial charge >= 0.3 is 34.8 Å². The highest BCUT2D eigenvalue weighted by Crippen LogP contribution is 2.66. The standard InChI is InChI=1S/C62H69N16O23P3/c1-3-77(4-2)43-22-20-39-28-45(61(84)99-49(39)30-43)60-72-46-29-41(21-23-48(46)98-60)58(82)71-47(32-69-56(80)38-15-9-6-5-7-10-16-38)59(83)68-25-12-8-11-24-67-57(81)40-17-13-19-44(27-40)93-36-53(74-76-65)94-35-52(79)66-26-14-18-42-33-78(62(85)73-55(42)63)54-31-50(95-37-70-75-64)51(97-54)34-96-103(89,90)101-104(91,92)100-102(86,87)88/h5-7,9-10,13,15-17,19-23,27-30,33,47,50-51,53-54H,3-4,8,11-12,24-26,31-32,34-37H2,1-2H3,(H,66,79)(H,67,81)(H,68,83)(H,69,80)(H,71,82)(H,89,90)(H,91,92)(H2,63,73,85)(H2,86,87,88)/b6-5-,7-5?,9-6?,10-7-,15-9?,16-10?,38-15?,38-16?. The van der Waals surface area contributed by atoms with Gasteiger partial charge < -0.3 is 84.6 Å². The van der Waals surface area contributed by atoms with Crippen molar-refractivity contribution in [2.75, 3.05) is 76.5 Å². The Morgan fingerprint density at radius 2 is 1.59 bits per heavy atom. The van der Waals surface area contributed by atoms with Crippen LogP contribution in [0, 0.1) is 11.8 Å². The average molecular weight is 1500 g/mol. The summed E-state index contributed by atoms with van der Waals surface area (Å²) in [6.45, 7) is 2.72. The van der Waals surface area contributed by atoms with Gasteiger partial charge in [0, 0.05) is 89.0 Å². The van der Waals surface area contributed by atoms with Crippen molar-refractivity contribution in [1.82, 2.24) is 41.1 Å². The molecule has 5 amide bonds. The van der Waals surface area contributed by atoms with Crippen LogP contribution in [0.25, 0.3) is 54.4 Å². The van der Waals surface area contributed by atoms with Crippen LogP contribution in [0.3, 0.4) is 0 Å². The second-order valence-electron chi connectivity index (χ2n) is 22.1. The van der Waals surface area contributed by atoms with Gasteiger partial charge in [0.05, 0.1) is 24.8 Å². The van der Waals surface area contributed by atoms with Crippen LogP contribution >= 0.6 is 23.5 Å². The van der Waals surface area contributed by atoms with E-state index in [1.165, 1.54) is 36.4 Å². The van der Waals surface area contributed by atoms with Crippen molar-refractivity contribution < 1.29 is 98.2 Å². The number of fused-ring (bicyclic) bond motifs is 2. The van der Waals surface area contributed by atoms with Crippen molar-refractivity contribution in [3.05, 3.63) is 180 Å². The first-order valence-electron chi connectivity index (χ1n) is 31.4. The lowest BCUT2D eigenvalue weighted by Crippen LogP contribution is -2.52. The number of aromatic nitrogens is 3. The summed E-state index contributed by atoms with van der Waals surface area (Å²) in [5.74, 6) is 2.10. The number of phosphoric acid groups is 3. The number of anilines is 2. The number of azide groups is 2. The Morgan fingerprint density at radius 3 is 2.35 bits per heavy atom. The van der Waals surface area contributed by atoms with Crippen molar-refractivity contribution in [1.29, 1.82) is 0 Å². The molecule has 104 heavy (non-hydrogen) atoms. The molecule has 0 radical (unpaired) electrons. The van der Waals surface area contributed by atoms with E-state index in [2.05, 4.69) is 86.5 Å². The molecule has 1 aliphatic carbocycles. The number of nitrogens with one attached hydrogen (secondary N) is 5. The number of nitrogen functional groups attached to an aromatic ring is 1. The van der Waals surface area contributed by atoms with Crippen molar-refractivity contribution in [3.63, 3.8) is 0 Å². The first-order chi connectivity index (χ1) is 49.7. The molecule has 550 valence electrons. The lowest BCUT2D eigenvalue weighted by atomic mass is 10.1. The van der Waals surface area contributed by atoms with E-state index in [0.717, 1.165) is 29.5 Å². The SMILES string of the molecule is CCN(CC)c1ccc2cc(-c3nc4cc(C(=O)NC(CNC(=O)C5=C/C=C\C=C/C=C5)C(=O)NCCCCCNC(=O)c5cccc(OCC(N=[N+]=[N-])OCC(=O)NCC#Cc6cn(C7CC(OCN=[N+]=[N-])C(COP(=O)(O)OP(=O)(O)OP(=O)(O)O)O7)c(=O)nc6N)c5)ccc4o3)c(=O)oc2c1. The smallest absolute Gasteiger partial charge is 0.490 e. The maximum atomic E-state index is 13.9. The number of hydrogen-bond acceptors (Lipinski definition) is 25. The summed E-state index contributed by atoms with van der Waals surface area (Å²) >= 11 is 0. The monoisotopic (exact) mass is 1500 g/mol. The van der Waals surface area contributed by atoms with E-state index in [-0.39, 0.29) is 83.4 Å². The number of hydrogen-bond donors (Lipinski definition) is 10. The van der Waals surface area contributed by atoms with Crippen molar-refractivity contribution in [3.8, 4) is 29.0 Å². The number of amides is 5. The maximum Gasteiger partial charge on any atom is 0.490 e. The molecular formula is C62H69N16O23P3. The molecule has 0 spiro atoms. The van der Waals surface area contributed by atoms with Crippen LogP contribution in [-0.4, -0.2) is 154 Å². The highest BCUT2D eigenvalue weighted by atomic mass is 31.3. The minimum absolute atomic E-state index is 0.0219. The molecule has 0 saturated carbocycles. The van der Waals surface area contributed by atoms with Gasteiger partial charge in [-0.3, -0.25) is 33.1 Å². The number of phosphoric ester groups is 1. The number of carbonyl (C=O) groups excluding carboxylic acids is 5. The Labute approximate surface area is 589 Å². The Bertz CT molecular complexity index is 4740. The molecule has 39 nitrogen and oxygen atoms in total. The van der Waals surface area contributed by atoms with E-state index in [4.69, 9.17) is 48.8 Å². The first kappa shape index (κ1) is 79.1. The zero-order valence-corrected chi connectivity index (χ0v) is 57.9. The molecule has 7 unspecified atom stereocenters. The minimum atomic E-state index is -5.87. The largest absolute Gasteiger partial charge is 0.491 e. The van der Waals surface area contributed by atoms with Crippen LogP contribution in [0.2, 0.25) is 0 Å². The second-order valence-corrected chi connectivity index (χ2v) is 26.5. The molecule has 6 aromatic rings. The number of oxazole rings is 1. The van der Waals surface area contributed by atoms with E-state index in [9.17, 15) is 62.6 Å². The minimum Gasteiger partial charge on any atom is -0.491 e. The number of nitrogens with zero attached hydrogens (tertiary/aromatic N) is 10. The van der Waals surface area contributed by atoms with Crippen LogP contribution in [0.15, 0.2) is 150 Å². The van der Waals surface area contributed by atoms with Gasteiger partial charge in [0.15, 0.2) is 11.8 Å². The molecule has 1 fully saturated rings. The maximum absolute atomic E-state index is 13.9. The predicted octanol–water partition coefficient (Wildman–Crippen LogP) is 5.61. The van der Waals surface area contributed by atoms with Gasteiger partial charge in [0.1, 0.15) is 66.5 Å². The third kappa shape index (κ3) is 23.7. The van der Waals surface area contributed by atoms with E-state index >= 15 is 0 Å². The number of rotatable bonds is 36. The van der Waals surface area contributed by atoms with E-state index in [0.29, 0.717) is 35.8 Å². The predicted molar refractivity (Wildman–Crippen MR) is 369 cm³/mol. The number of allylic oxidation sites excluding steroid dienone is 6. The first-order valence-corrected chi connectivity index (χ1v) is 36.0. The Kier molecular flexibility index (Phi) is 28.6. The third-order valence-electron chi connectivity index (χ3n) is 14.9. The highest BCUT2D eigenvalue weighted by molar-refractivity contribution is 7.66. The number of ether oxygens (including phenoxy) is 4. The van der Waals surface area contributed by atoms with Crippen LogP contribution in [0.1, 0.15) is 72.0 Å². The van der Waals surface area contributed by atoms with Crippen LogP contribution in [-0.2, 0) is 55.4 Å². The Balaban J connectivity index is 0.775. The van der Waals surface area contributed by atoms with Crippen molar-refractivity contribution >= 4 is 86.6 Å². The lowest BCUT2D eigenvalue weighted by molar-refractivity contribution is -0.128. The van der Waals surface area contributed by atoms with Crippen LogP contribution in [0.4, 0.5) is 11.5 Å². The van der Waals surface area contributed by atoms with E-state index in [1.807, 2.05) is 26.0 Å². The summed E-state index contributed by atoms with van der Waals surface area (Å²) in [6.07, 6.45) is 8.96. The molecule has 4 heterocycles. The Hall–Kier alpha value is -10.6. The van der Waals surface area contributed by atoms with Gasteiger partial charge in [0.25, 0.3) is 17.7 Å². The van der Waals surface area contributed by atoms with Gasteiger partial charge in [-0.05, 0) is 111 Å². The summed E-state index contributed by atoms with van der Waals surface area (Å²) in [5, 5.41) is 20.9. The fourth-order valence-electron chi connectivity index (χ4n) is 9.93. The zero-order valence-electron chi connectivity index (χ0n) is 55.2. The van der Waals surface area contributed by atoms with Gasteiger partial charge in [0.2, 0.25) is 17.7 Å². The number of unbranched alkanes of at least 4 members (excludes halogenated alkanes) is 2. The van der Waals surface area contributed by atoms with Crippen molar-refractivity contribution in [2.24, 2.45) is 10.2 Å². The third-order valence-corrected chi connectivity index (χ3v) is 18.7. The molecule has 2 aliphatic rings. The highest BCUT2D eigenvalue weighted by Gasteiger charge is 2.44. The number of carbonyl (C=O) groups is 5. The summed E-state index contributed by atoms with van der Waals surface area (Å²) in [4.78, 5) is 146. The van der Waals surface area contributed by atoms with Crippen LogP contribution in [0.5, 0.6) is 5.75 Å². The van der Waals surface area contributed by atoms with E-state index < -0.39 is 122 Å². The lowest BCUT2D eigenvalue weighted by Gasteiger charge is -2.21. The fourth-order valence-corrected chi connectivity index (χ4v) is 13.0. The Morgan fingerprint density at radius 1 is 0.827 bits per heavy atom.